The van der Waals surface area contributed by atoms with E-state index < -0.39 is 0 Å². The summed E-state index contributed by atoms with van der Waals surface area (Å²) in [5.74, 6) is 1.55. The molecule has 2 heterocycles. The number of aromatic nitrogens is 2. The van der Waals surface area contributed by atoms with Crippen molar-refractivity contribution in [1.82, 2.24) is 15.5 Å². The van der Waals surface area contributed by atoms with Gasteiger partial charge in [-0.05, 0) is 50.4 Å². The number of benzene rings is 1. The highest BCUT2D eigenvalue weighted by Gasteiger charge is 2.16. The summed E-state index contributed by atoms with van der Waals surface area (Å²) in [5, 5.41) is 7.28. The van der Waals surface area contributed by atoms with Gasteiger partial charge >= 0.3 is 0 Å². The monoisotopic (exact) mass is 275 g/mol. The minimum absolute atomic E-state index is 0.245. The van der Waals surface area contributed by atoms with Crippen LogP contribution in [-0.2, 0) is 6.42 Å². The summed E-state index contributed by atoms with van der Waals surface area (Å²) in [4.78, 5) is 4.35. The largest absolute Gasteiger partial charge is 0.339 e. The Labute approximate surface area is 117 Å². The molecule has 1 aromatic carbocycles. The van der Waals surface area contributed by atoms with Gasteiger partial charge in [0.25, 0.3) is 0 Å². The second-order valence-corrected chi connectivity index (χ2v) is 5.37. The van der Waals surface area contributed by atoms with Crippen molar-refractivity contribution in [2.75, 3.05) is 13.1 Å². The first-order chi connectivity index (χ1) is 9.72. The molecule has 0 saturated carbocycles. The predicted molar refractivity (Wildman–Crippen MR) is 73.7 cm³/mol. The molecule has 0 aliphatic carbocycles. The molecule has 1 aromatic heterocycles. The van der Waals surface area contributed by atoms with Crippen molar-refractivity contribution in [3.05, 3.63) is 35.5 Å². The molecule has 1 N–H and O–H groups in total. The summed E-state index contributed by atoms with van der Waals surface area (Å²) < 4.78 is 18.8. The van der Waals surface area contributed by atoms with Gasteiger partial charge in [0.1, 0.15) is 5.82 Å². The predicted octanol–water partition coefficient (Wildman–Crippen LogP) is 2.73. The Morgan fingerprint density at radius 3 is 3.10 bits per heavy atom. The zero-order valence-electron chi connectivity index (χ0n) is 11.5. The van der Waals surface area contributed by atoms with Gasteiger partial charge in [-0.25, -0.2) is 4.39 Å². The Bertz CT molecular complexity index is 591. The third kappa shape index (κ3) is 2.88. The van der Waals surface area contributed by atoms with Gasteiger partial charge in [-0.15, -0.1) is 0 Å². The van der Waals surface area contributed by atoms with Gasteiger partial charge in [0, 0.05) is 12.0 Å². The quantitative estimate of drug-likeness (QED) is 0.932. The fourth-order valence-corrected chi connectivity index (χ4v) is 2.49. The highest BCUT2D eigenvalue weighted by atomic mass is 19.1. The van der Waals surface area contributed by atoms with Gasteiger partial charge in [0.05, 0.1) is 0 Å². The highest BCUT2D eigenvalue weighted by molar-refractivity contribution is 5.54. The summed E-state index contributed by atoms with van der Waals surface area (Å²) in [5.41, 5.74) is 1.27. The second-order valence-electron chi connectivity index (χ2n) is 5.37. The van der Waals surface area contributed by atoms with Gasteiger partial charge in [-0.1, -0.05) is 17.3 Å². The Hall–Kier alpha value is -1.75. The van der Waals surface area contributed by atoms with E-state index in [9.17, 15) is 4.39 Å². The van der Waals surface area contributed by atoms with Crippen molar-refractivity contribution in [3.63, 3.8) is 0 Å². The third-order valence-electron chi connectivity index (χ3n) is 3.83. The SMILES string of the molecule is Cc1ccc(-c2noc(CCC3CCNC3)n2)cc1F. The lowest BCUT2D eigenvalue weighted by molar-refractivity contribution is 0.365. The van der Waals surface area contributed by atoms with Crippen molar-refractivity contribution in [2.24, 2.45) is 5.92 Å². The van der Waals surface area contributed by atoms with E-state index in [2.05, 4.69) is 15.5 Å². The molecule has 1 aliphatic heterocycles. The molecule has 4 nitrogen and oxygen atoms in total. The van der Waals surface area contributed by atoms with Crippen molar-refractivity contribution in [1.29, 1.82) is 0 Å². The van der Waals surface area contributed by atoms with E-state index in [1.165, 1.54) is 12.5 Å². The van der Waals surface area contributed by atoms with Gasteiger partial charge in [0.15, 0.2) is 0 Å². The maximum absolute atomic E-state index is 13.5. The fraction of sp³-hybridized carbons (Fsp3) is 0.467. The molecule has 0 amide bonds. The number of halogens is 1. The number of aryl methyl sites for hydroxylation is 2. The van der Waals surface area contributed by atoms with Crippen molar-refractivity contribution < 1.29 is 8.91 Å². The molecule has 20 heavy (non-hydrogen) atoms. The smallest absolute Gasteiger partial charge is 0.226 e. The van der Waals surface area contributed by atoms with Crippen LogP contribution in [0.5, 0.6) is 0 Å². The first-order valence-electron chi connectivity index (χ1n) is 7.02. The van der Waals surface area contributed by atoms with Crippen LogP contribution in [0.1, 0.15) is 24.3 Å². The molecule has 1 fully saturated rings. The lowest BCUT2D eigenvalue weighted by Gasteiger charge is -2.03. The molecular weight excluding hydrogens is 257 g/mol. The normalized spacial score (nSPS) is 18.6. The number of nitrogens with one attached hydrogen (secondary N) is 1. The van der Waals surface area contributed by atoms with Crippen LogP contribution < -0.4 is 5.32 Å². The number of rotatable bonds is 4. The summed E-state index contributed by atoms with van der Waals surface area (Å²) in [6.45, 7) is 3.91. The van der Waals surface area contributed by atoms with Gasteiger partial charge in [0.2, 0.25) is 11.7 Å². The third-order valence-corrected chi connectivity index (χ3v) is 3.83. The maximum atomic E-state index is 13.5. The molecule has 1 unspecified atom stereocenters. The average molecular weight is 275 g/mol. The van der Waals surface area contributed by atoms with E-state index in [0.717, 1.165) is 25.9 Å². The Kier molecular flexibility index (Phi) is 3.78. The topological polar surface area (TPSA) is 51.0 Å². The molecular formula is C15H18FN3O. The van der Waals surface area contributed by atoms with Crippen LogP contribution in [0.4, 0.5) is 4.39 Å². The molecule has 0 bridgehead atoms. The number of hydrogen-bond acceptors (Lipinski definition) is 4. The van der Waals surface area contributed by atoms with E-state index >= 15 is 0 Å². The first kappa shape index (κ1) is 13.2. The van der Waals surface area contributed by atoms with Gasteiger partial charge in [-0.3, -0.25) is 0 Å². The standard InChI is InChI=1S/C15H18FN3O/c1-10-2-4-12(8-13(10)16)15-18-14(20-19-15)5-3-11-6-7-17-9-11/h2,4,8,11,17H,3,5-7,9H2,1H3. The molecule has 1 aliphatic rings. The van der Waals surface area contributed by atoms with E-state index in [1.807, 2.05) is 6.07 Å². The van der Waals surface area contributed by atoms with Crippen LogP contribution in [0.3, 0.4) is 0 Å². The number of nitrogens with zero attached hydrogens (tertiary/aromatic N) is 2. The molecule has 2 aromatic rings. The molecule has 3 rings (SSSR count). The minimum atomic E-state index is -0.245. The van der Waals surface area contributed by atoms with Gasteiger partial charge in [-0.2, -0.15) is 4.98 Å². The second kappa shape index (κ2) is 5.71. The molecule has 1 atom stereocenters. The first-order valence-corrected chi connectivity index (χ1v) is 7.02. The van der Waals surface area contributed by atoms with Crippen molar-refractivity contribution in [3.8, 4) is 11.4 Å². The van der Waals surface area contributed by atoms with E-state index in [1.54, 1.807) is 13.0 Å². The Morgan fingerprint density at radius 1 is 1.45 bits per heavy atom. The summed E-state index contributed by atoms with van der Waals surface area (Å²) in [6.07, 6.45) is 3.05. The van der Waals surface area contributed by atoms with E-state index in [-0.39, 0.29) is 5.82 Å². The van der Waals surface area contributed by atoms with E-state index in [4.69, 9.17) is 4.52 Å². The average Bonchev–Trinajstić information content (AvgIpc) is 3.10. The van der Waals surface area contributed by atoms with Crippen LogP contribution in [0.15, 0.2) is 22.7 Å². The summed E-state index contributed by atoms with van der Waals surface area (Å²) in [7, 11) is 0. The van der Waals surface area contributed by atoms with Crippen LogP contribution in [-0.4, -0.2) is 23.2 Å². The zero-order valence-corrected chi connectivity index (χ0v) is 11.5. The molecule has 0 radical (unpaired) electrons. The van der Waals surface area contributed by atoms with Crippen LogP contribution in [0.2, 0.25) is 0 Å². The Morgan fingerprint density at radius 2 is 2.35 bits per heavy atom. The molecule has 1 saturated heterocycles. The highest BCUT2D eigenvalue weighted by Crippen LogP contribution is 2.20. The lowest BCUT2D eigenvalue weighted by atomic mass is 10.0. The summed E-state index contributed by atoms with van der Waals surface area (Å²) >= 11 is 0. The fourth-order valence-electron chi connectivity index (χ4n) is 2.49. The van der Waals surface area contributed by atoms with Crippen molar-refractivity contribution in [2.45, 2.75) is 26.2 Å². The lowest BCUT2D eigenvalue weighted by Crippen LogP contribution is -2.09. The molecule has 0 spiro atoms. The molecule has 106 valence electrons. The number of hydrogen-bond donors (Lipinski definition) is 1. The zero-order chi connectivity index (χ0) is 13.9. The van der Waals surface area contributed by atoms with Crippen molar-refractivity contribution >= 4 is 0 Å². The van der Waals surface area contributed by atoms with Crippen LogP contribution in [0, 0.1) is 18.7 Å². The van der Waals surface area contributed by atoms with Gasteiger partial charge < -0.3 is 9.84 Å². The Balaban J connectivity index is 1.67. The molecule has 5 heteroatoms. The van der Waals surface area contributed by atoms with Crippen LogP contribution in [0.25, 0.3) is 11.4 Å². The van der Waals surface area contributed by atoms with Crippen LogP contribution >= 0.6 is 0 Å². The summed E-state index contributed by atoms with van der Waals surface area (Å²) in [6, 6.07) is 4.99. The maximum Gasteiger partial charge on any atom is 0.226 e. The van der Waals surface area contributed by atoms with E-state index in [0.29, 0.717) is 28.8 Å². The minimum Gasteiger partial charge on any atom is -0.339 e.